The zero-order valence-corrected chi connectivity index (χ0v) is 13.8. The van der Waals surface area contributed by atoms with E-state index in [2.05, 4.69) is 49.9 Å². The van der Waals surface area contributed by atoms with E-state index in [0.717, 1.165) is 24.8 Å². The molecule has 19 heavy (non-hydrogen) atoms. The number of hydrogen-bond acceptors (Lipinski definition) is 5. The normalized spacial score (nSPS) is 13.6. The molecule has 0 radical (unpaired) electrons. The average Bonchev–Trinajstić information content (AvgIpc) is 2.80. The highest BCUT2D eigenvalue weighted by atomic mass is 32.1. The van der Waals surface area contributed by atoms with Crippen LogP contribution >= 0.6 is 11.3 Å². The van der Waals surface area contributed by atoms with Crippen LogP contribution in [-0.2, 0) is 11.3 Å². The standard InChI is InChI=1S/C14H27N3OS/c1-11(14(2,3)4)17(5)13-16-10-12(19-13)9-15-7-8-18-6/h10-11,15H,7-9H2,1-6H3. The van der Waals surface area contributed by atoms with E-state index in [4.69, 9.17) is 4.74 Å². The summed E-state index contributed by atoms with van der Waals surface area (Å²) in [5.74, 6) is 0. The summed E-state index contributed by atoms with van der Waals surface area (Å²) in [5.41, 5.74) is 0.247. The van der Waals surface area contributed by atoms with Gasteiger partial charge in [-0.1, -0.05) is 20.8 Å². The summed E-state index contributed by atoms with van der Waals surface area (Å²) in [5, 5.41) is 4.43. The van der Waals surface area contributed by atoms with Gasteiger partial charge in [0.15, 0.2) is 5.13 Å². The third-order valence-corrected chi connectivity index (χ3v) is 4.55. The van der Waals surface area contributed by atoms with Gasteiger partial charge in [0, 0.05) is 44.4 Å². The van der Waals surface area contributed by atoms with E-state index in [1.807, 2.05) is 6.20 Å². The third kappa shape index (κ3) is 5.09. The van der Waals surface area contributed by atoms with Gasteiger partial charge in [0.05, 0.1) is 6.61 Å². The van der Waals surface area contributed by atoms with Crippen molar-refractivity contribution in [3.05, 3.63) is 11.1 Å². The number of rotatable bonds is 7. The molecule has 110 valence electrons. The van der Waals surface area contributed by atoms with Gasteiger partial charge in [-0.25, -0.2) is 4.98 Å². The van der Waals surface area contributed by atoms with Gasteiger partial charge in [-0.15, -0.1) is 11.3 Å². The van der Waals surface area contributed by atoms with Crippen molar-refractivity contribution in [3.8, 4) is 0 Å². The Morgan fingerprint density at radius 2 is 2.16 bits per heavy atom. The molecule has 0 aliphatic carbocycles. The van der Waals surface area contributed by atoms with Crippen molar-refractivity contribution in [2.45, 2.75) is 40.3 Å². The fourth-order valence-corrected chi connectivity index (χ4v) is 2.60. The monoisotopic (exact) mass is 285 g/mol. The third-order valence-electron chi connectivity index (χ3n) is 3.46. The minimum atomic E-state index is 0.247. The molecule has 1 aromatic heterocycles. The van der Waals surface area contributed by atoms with Gasteiger partial charge in [0.25, 0.3) is 0 Å². The van der Waals surface area contributed by atoms with Crippen LogP contribution in [0.2, 0.25) is 0 Å². The first-order chi connectivity index (χ1) is 8.86. The maximum atomic E-state index is 5.01. The Kier molecular flexibility index (Phi) is 6.23. The summed E-state index contributed by atoms with van der Waals surface area (Å²) in [6, 6.07) is 0.452. The van der Waals surface area contributed by atoms with Crippen molar-refractivity contribution in [2.75, 3.05) is 32.2 Å². The minimum Gasteiger partial charge on any atom is -0.383 e. The van der Waals surface area contributed by atoms with Crippen molar-refractivity contribution in [2.24, 2.45) is 5.41 Å². The number of thiazole rings is 1. The molecule has 1 N–H and O–H groups in total. The highest BCUT2D eigenvalue weighted by Crippen LogP contribution is 2.29. The number of nitrogens with zero attached hydrogens (tertiary/aromatic N) is 2. The molecular weight excluding hydrogens is 258 g/mol. The second kappa shape index (κ2) is 7.22. The highest BCUT2D eigenvalue weighted by Gasteiger charge is 2.25. The predicted octanol–water partition coefficient (Wildman–Crippen LogP) is 2.75. The van der Waals surface area contributed by atoms with Gasteiger partial charge in [-0.05, 0) is 12.3 Å². The lowest BCUT2D eigenvalue weighted by Crippen LogP contribution is -2.39. The molecule has 0 spiro atoms. The van der Waals surface area contributed by atoms with Gasteiger partial charge in [0.1, 0.15) is 0 Å². The Labute approximate surface area is 121 Å². The van der Waals surface area contributed by atoms with Crippen LogP contribution in [-0.4, -0.2) is 38.3 Å². The second-order valence-corrected chi connectivity index (χ2v) is 7.03. The SMILES string of the molecule is COCCNCc1cnc(N(C)C(C)C(C)(C)C)s1. The molecule has 1 aromatic rings. The Bertz CT molecular complexity index is 373. The van der Waals surface area contributed by atoms with Crippen molar-refractivity contribution < 1.29 is 4.74 Å². The molecule has 1 heterocycles. The molecule has 0 aliphatic heterocycles. The van der Waals surface area contributed by atoms with Gasteiger partial charge in [-0.2, -0.15) is 0 Å². The van der Waals surface area contributed by atoms with Crippen LogP contribution in [0, 0.1) is 5.41 Å². The zero-order chi connectivity index (χ0) is 14.5. The van der Waals surface area contributed by atoms with E-state index < -0.39 is 0 Å². The number of nitrogens with one attached hydrogen (secondary N) is 1. The first-order valence-corrected chi connectivity index (χ1v) is 7.55. The number of anilines is 1. The molecule has 0 aromatic carbocycles. The molecule has 5 heteroatoms. The van der Waals surface area contributed by atoms with E-state index in [1.54, 1.807) is 18.4 Å². The number of aromatic nitrogens is 1. The zero-order valence-electron chi connectivity index (χ0n) is 13.0. The molecule has 0 fully saturated rings. The minimum absolute atomic E-state index is 0.247. The van der Waals surface area contributed by atoms with Crippen LogP contribution in [0.15, 0.2) is 6.20 Å². The second-order valence-electron chi connectivity index (χ2n) is 5.93. The molecule has 1 rings (SSSR count). The molecule has 1 unspecified atom stereocenters. The van der Waals surface area contributed by atoms with Gasteiger partial charge in [0.2, 0.25) is 0 Å². The van der Waals surface area contributed by atoms with Crippen molar-refractivity contribution in [1.82, 2.24) is 10.3 Å². The highest BCUT2D eigenvalue weighted by molar-refractivity contribution is 7.15. The van der Waals surface area contributed by atoms with Crippen molar-refractivity contribution >= 4 is 16.5 Å². The van der Waals surface area contributed by atoms with Crippen LogP contribution in [0.25, 0.3) is 0 Å². The molecular formula is C14H27N3OS. The van der Waals surface area contributed by atoms with E-state index in [1.165, 1.54) is 4.88 Å². The molecule has 4 nitrogen and oxygen atoms in total. The summed E-state index contributed by atoms with van der Waals surface area (Å²) in [4.78, 5) is 8.05. The number of hydrogen-bond donors (Lipinski definition) is 1. The summed E-state index contributed by atoms with van der Waals surface area (Å²) in [6.45, 7) is 11.5. The Balaban J connectivity index is 2.54. The number of methoxy groups -OCH3 is 1. The Morgan fingerprint density at radius 3 is 2.74 bits per heavy atom. The molecule has 0 saturated heterocycles. The first kappa shape index (κ1) is 16.4. The smallest absolute Gasteiger partial charge is 0.185 e. The summed E-state index contributed by atoms with van der Waals surface area (Å²) in [7, 11) is 3.84. The average molecular weight is 285 g/mol. The lowest BCUT2D eigenvalue weighted by Gasteiger charge is -2.35. The molecule has 0 amide bonds. The van der Waals surface area contributed by atoms with E-state index in [-0.39, 0.29) is 5.41 Å². The summed E-state index contributed by atoms with van der Waals surface area (Å²) < 4.78 is 5.01. The maximum absolute atomic E-state index is 5.01. The van der Waals surface area contributed by atoms with Crippen molar-refractivity contribution in [3.63, 3.8) is 0 Å². The predicted molar refractivity (Wildman–Crippen MR) is 83.0 cm³/mol. The van der Waals surface area contributed by atoms with Gasteiger partial charge in [-0.3, -0.25) is 0 Å². The van der Waals surface area contributed by atoms with Gasteiger partial charge >= 0.3 is 0 Å². The molecule has 0 bridgehead atoms. The summed E-state index contributed by atoms with van der Waals surface area (Å²) >= 11 is 1.75. The molecule has 0 aliphatic rings. The summed E-state index contributed by atoms with van der Waals surface area (Å²) in [6.07, 6.45) is 1.96. The fourth-order valence-electron chi connectivity index (χ4n) is 1.67. The van der Waals surface area contributed by atoms with E-state index in [9.17, 15) is 0 Å². The van der Waals surface area contributed by atoms with Crippen LogP contribution in [0.5, 0.6) is 0 Å². The van der Waals surface area contributed by atoms with Gasteiger partial charge < -0.3 is 15.0 Å². The fraction of sp³-hybridized carbons (Fsp3) is 0.786. The topological polar surface area (TPSA) is 37.4 Å². The largest absolute Gasteiger partial charge is 0.383 e. The van der Waals surface area contributed by atoms with Crippen LogP contribution < -0.4 is 10.2 Å². The Hall–Kier alpha value is -0.650. The Morgan fingerprint density at radius 1 is 1.47 bits per heavy atom. The quantitative estimate of drug-likeness (QED) is 0.782. The van der Waals surface area contributed by atoms with Crippen LogP contribution in [0.4, 0.5) is 5.13 Å². The van der Waals surface area contributed by atoms with E-state index in [0.29, 0.717) is 6.04 Å². The molecule has 0 saturated carbocycles. The maximum Gasteiger partial charge on any atom is 0.185 e. The lowest BCUT2D eigenvalue weighted by molar-refractivity contribution is 0.199. The number of ether oxygens (including phenoxy) is 1. The van der Waals surface area contributed by atoms with E-state index >= 15 is 0 Å². The molecule has 1 atom stereocenters. The lowest BCUT2D eigenvalue weighted by atomic mass is 9.87. The van der Waals surface area contributed by atoms with Crippen molar-refractivity contribution in [1.29, 1.82) is 0 Å². The van der Waals surface area contributed by atoms with Crippen LogP contribution in [0.1, 0.15) is 32.6 Å². The first-order valence-electron chi connectivity index (χ1n) is 6.73. The van der Waals surface area contributed by atoms with Crippen LogP contribution in [0.3, 0.4) is 0 Å².